The maximum atomic E-state index is 5.67. The maximum absolute atomic E-state index is 5.67. The minimum Gasteiger partial charge on any atom is -0.368 e. The van der Waals surface area contributed by atoms with E-state index in [-0.39, 0.29) is 5.95 Å². The Labute approximate surface area is 104 Å². The highest BCUT2D eigenvalue weighted by molar-refractivity contribution is 5.34. The van der Waals surface area contributed by atoms with Crippen molar-refractivity contribution in [3.05, 3.63) is 18.7 Å². The van der Waals surface area contributed by atoms with E-state index >= 15 is 0 Å². The third-order valence-corrected chi connectivity index (χ3v) is 2.91. The van der Waals surface area contributed by atoms with E-state index in [4.69, 9.17) is 5.73 Å². The fraction of sp³-hybridized carbons (Fsp3) is 0.455. The molecule has 0 aliphatic heterocycles. The lowest BCUT2D eigenvalue weighted by Crippen LogP contribution is -2.11. The largest absolute Gasteiger partial charge is 0.368 e. The lowest BCUT2D eigenvalue weighted by Gasteiger charge is -2.06. The first-order valence-electron chi connectivity index (χ1n) is 6.05. The highest BCUT2D eigenvalue weighted by atomic mass is 15.3. The third kappa shape index (κ3) is 2.55. The molecule has 2 heterocycles. The number of hydrogen-bond donors (Lipinski definition) is 2. The Bertz CT molecular complexity index is 518. The number of hydrogen-bond acceptors (Lipinski definition) is 6. The molecular formula is C11H15N7. The van der Waals surface area contributed by atoms with Gasteiger partial charge in [0.25, 0.3) is 0 Å². The molecule has 3 rings (SSSR count). The number of imidazole rings is 1. The third-order valence-electron chi connectivity index (χ3n) is 2.91. The summed E-state index contributed by atoms with van der Waals surface area (Å²) in [5, 5.41) is 3.18. The molecule has 7 nitrogen and oxygen atoms in total. The van der Waals surface area contributed by atoms with Crippen LogP contribution in [-0.2, 0) is 0 Å². The zero-order valence-corrected chi connectivity index (χ0v) is 9.95. The standard InChI is InChI=1S/C11H15N7/c12-9-15-10(14-4-3-8-1-2-8)17-11(16-9)18-6-5-13-7-18/h5-8H,1-4H2,(H3,12,14,15,16,17). The van der Waals surface area contributed by atoms with E-state index in [0.29, 0.717) is 11.9 Å². The summed E-state index contributed by atoms with van der Waals surface area (Å²) in [7, 11) is 0. The van der Waals surface area contributed by atoms with Crippen molar-refractivity contribution in [2.75, 3.05) is 17.6 Å². The van der Waals surface area contributed by atoms with Gasteiger partial charge in [0.1, 0.15) is 6.33 Å². The molecule has 3 N–H and O–H groups in total. The first kappa shape index (κ1) is 10.9. The van der Waals surface area contributed by atoms with E-state index in [1.165, 1.54) is 12.8 Å². The summed E-state index contributed by atoms with van der Waals surface area (Å²) >= 11 is 0. The van der Waals surface area contributed by atoms with Gasteiger partial charge in [-0.2, -0.15) is 15.0 Å². The van der Waals surface area contributed by atoms with Gasteiger partial charge in [-0.3, -0.25) is 4.57 Å². The van der Waals surface area contributed by atoms with E-state index in [1.54, 1.807) is 23.3 Å². The predicted octanol–water partition coefficient (Wildman–Crippen LogP) is 0.851. The van der Waals surface area contributed by atoms with Gasteiger partial charge in [-0.1, -0.05) is 12.8 Å². The van der Waals surface area contributed by atoms with E-state index < -0.39 is 0 Å². The van der Waals surface area contributed by atoms with Crippen LogP contribution in [-0.4, -0.2) is 31.0 Å². The minimum atomic E-state index is 0.211. The average Bonchev–Trinajstić information content (AvgIpc) is 3.01. The van der Waals surface area contributed by atoms with E-state index in [9.17, 15) is 0 Å². The second kappa shape index (κ2) is 4.59. The Morgan fingerprint density at radius 3 is 2.94 bits per heavy atom. The molecular weight excluding hydrogens is 230 g/mol. The summed E-state index contributed by atoms with van der Waals surface area (Å²) < 4.78 is 1.70. The molecule has 0 bridgehead atoms. The van der Waals surface area contributed by atoms with Crippen LogP contribution in [0.15, 0.2) is 18.7 Å². The highest BCUT2D eigenvalue weighted by Gasteiger charge is 2.20. The fourth-order valence-electron chi connectivity index (χ4n) is 1.75. The van der Waals surface area contributed by atoms with Crippen molar-refractivity contribution in [2.45, 2.75) is 19.3 Å². The van der Waals surface area contributed by atoms with Crippen molar-refractivity contribution < 1.29 is 0 Å². The van der Waals surface area contributed by atoms with Crippen molar-refractivity contribution in [1.29, 1.82) is 0 Å². The maximum Gasteiger partial charge on any atom is 0.241 e. The Hall–Kier alpha value is -2.18. The Morgan fingerprint density at radius 2 is 2.22 bits per heavy atom. The molecule has 0 spiro atoms. The van der Waals surface area contributed by atoms with Gasteiger partial charge < -0.3 is 11.1 Å². The molecule has 18 heavy (non-hydrogen) atoms. The molecule has 1 aliphatic rings. The van der Waals surface area contributed by atoms with Crippen molar-refractivity contribution in [3.8, 4) is 5.95 Å². The van der Waals surface area contributed by atoms with Crippen LogP contribution in [0.2, 0.25) is 0 Å². The number of rotatable bonds is 5. The Morgan fingerprint density at radius 1 is 1.33 bits per heavy atom. The lowest BCUT2D eigenvalue weighted by molar-refractivity contribution is 0.753. The summed E-state index contributed by atoms with van der Waals surface area (Å²) in [6.07, 6.45) is 8.92. The van der Waals surface area contributed by atoms with E-state index in [2.05, 4.69) is 25.3 Å². The van der Waals surface area contributed by atoms with Crippen LogP contribution in [0.1, 0.15) is 19.3 Å². The molecule has 1 aliphatic carbocycles. The molecule has 0 saturated heterocycles. The molecule has 0 radical (unpaired) electrons. The van der Waals surface area contributed by atoms with Gasteiger partial charge in [-0.15, -0.1) is 0 Å². The molecule has 0 atom stereocenters. The number of aromatic nitrogens is 5. The molecule has 7 heteroatoms. The number of anilines is 2. The zero-order valence-electron chi connectivity index (χ0n) is 9.95. The molecule has 2 aromatic rings. The van der Waals surface area contributed by atoms with Gasteiger partial charge in [0.15, 0.2) is 0 Å². The first-order valence-corrected chi connectivity index (χ1v) is 6.05. The first-order chi connectivity index (χ1) is 8.81. The van der Waals surface area contributed by atoms with Crippen LogP contribution in [0, 0.1) is 5.92 Å². The molecule has 1 fully saturated rings. The quantitative estimate of drug-likeness (QED) is 0.811. The van der Waals surface area contributed by atoms with Crippen molar-refractivity contribution in [2.24, 2.45) is 5.92 Å². The van der Waals surface area contributed by atoms with Crippen molar-refractivity contribution in [1.82, 2.24) is 24.5 Å². The average molecular weight is 245 g/mol. The molecule has 94 valence electrons. The molecule has 0 unspecified atom stereocenters. The highest BCUT2D eigenvalue weighted by Crippen LogP contribution is 2.31. The van der Waals surface area contributed by atoms with E-state index in [0.717, 1.165) is 18.9 Å². The smallest absolute Gasteiger partial charge is 0.241 e. The number of nitrogens with two attached hydrogens (primary N) is 1. The van der Waals surface area contributed by atoms with Gasteiger partial charge in [-0.05, 0) is 12.3 Å². The van der Waals surface area contributed by atoms with Gasteiger partial charge in [-0.25, -0.2) is 4.98 Å². The summed E-state index contributed by atoms with van der Waals surface area (Å²) in [4.78, 5) is 16.4. The Balaban J connectivity index is 1.72. The second-order valence-electron chi connectivity index (χ2n) is 4.45. The fourth-order valence-corrected chi connectivity index (χ4v) is 1.75. The SMILES string of the molecule is Nc1nc(NCCC2CC2)nc(-n2ccnc2)n1. The number of nitrogens with zero attached hydrogens (tertiary/aromatic N) is 5. The van der Waals surface area contributed by atoms with Crippen molar-refractivity contribution >= 4 is 11.9 Å². The van der Waals surface area contributed by atoms with Crippen LogP contribution < -0.4 is 11.1 Å². The molecule has 0 amide bonds. The zero-order chi connectivity index (χ0) is 12.4. The van der Waals surface area contributed by atoms with Crippen molar-refractivity contribution in [3.63, 3.8) is 0 Å². The van der Waals surface area contributed by atoms with Crippen LogP contribution in [0.4, 0.5) is 11.9 Å². The predicted molar refractivity (Wildman–Crippen MR) is 67.2 cm³/mol. The van der Waals surface area contributed by atoms with Crippen LogP contribution in [0.5, 0.6) is 0 Å². The summed E-state index contributed by atoms with van der Waals surface area (Å²) in [5.41, 5.74) is 5.67. The summed E-state index contributed by atoms with van der Waals surface area (Å²) in [5.74, 6) is 2.09. The number of nitrogens with one attached hydrogen (secondary N) is 1. The molecule has 2 aromatic heterocycles. The number of nitrogen functional groups attached to an aromatic ring is 1. The second-order valence-corrected chi connectivity index (χ2v) is 4.45. The Kier molecular flexibility index (Phi) is 2.79. The summed E-state index contributed by atoms with van der Waals surface area (Å²) in [6, 6.07) is 0. The van der Waals surface area contributed by atoms with Crippen LogP contribution >= 0.6 is 0 Å². The van der Waals surface area contributed by atoms with Gasteiger partial charge in [0, 0.05) is 18.9 Å². The lowest BCUT2D eigenvalue weighted by atomic mass is 10.3. The molecule has 1 saturated carbocycles. The van der Waals surface area contributed by atoms with Gasteiger partial charge >= 0.3 is 0 Å². The van der Waals surface area contributed by atoms with Gasteiger partial charge in [0.05, 0.1) is 0 Å². The van der Waals surface area contributed by atoms with Gasteiger partial charge in [0.2, 0.25) is 17.8 Å². The monoisotopic (exact) mass is 245 g/mol. The summed E-state index contributed by atoms with van der Waals surface area (Å²) in [6.45, 7) is 0.873. The normalized spacial score (nSPS) is 14.7. The van der Waals surface area contributed by atoms with E-state index in [1.807, 2.05) is 0 Å². The topological polar surface area (TPSA) is 94.5 Å². The minimum absolute atomic E-state index is 0.211. The van der Waals surface area contributed by atoms with Crippen LogP contribution in [0.3, 0.4) is 0 Å². The van der Waals surface area contributed by atoms with Crippen LogP contribution in [0.25, 0.3) is 5.95 Å². The molecule has 0 aromatic carbocycles.